The third-order valence-corrected chi connectivity index (χ3v) is 4.14. The number of aliphatic hydroxyl groups excluding tert-OH is 1. The highest BCUT2D eigenvalue weighted by atomic mass is 16.5. The van der Waals surface area contributed by atoms with Crippen molar-refractivity contribution in [1.29, 1.82) is 0 Å². The van der Waals surface area contributed by atoms with Crippen molar-refractivity contribution in [3.8, 4) is 0 Å². The van der Waals surface area contributed by atoms with Crippen LogP contribution in [0.4, 0.5) is 0 Å². The van der Waals surface area contributed by atoms with E-state index in [9.17, 15) is 9.90 Å². The van der Waals surface area contributed by atoms with Crippen molar-refractivity contribution in [1.82, 2.24) is 0 Å². The van der Waals surface area contributed by atoms with E-state index in [0.29, 0.717) is 6.61 Å². The topological polar surface area (TPSA) is 46.5 Å². The fourth-order valence-corrected chi connectivity index (χ4v) is 2.60. The lowest BCUT2D eigenvalue weighted by atomic mass is 10.1. The summed E-state index contributed by atoms with van der Waals surface area (Å²) < 4.78 is 4.93. The van der Waals surface area contributed by atoms with Crippen LogP contribution in [0.3, 0.4) is 0 Å². The Labute approximate surface area is 149 Å². The molecule has 0 amide bonds. The lowest BCUT2D eigenvalue weighted by molar-refractivity contribution is -0.137. The smallest absolute Gasteiger partial charge is 0.330 e. The minimum Gasteiger partial charge on any atom is -0.463 e. The molecule has 24 heavy (non-hydrogen) atoms. The van der Waals surface area contributed by atoms with Crippen LogP contribution in [0.5, 0.6) is 0 Å². The van der Waals surface area contributed by atoms with Crippen LogP contribution in [-0.4, -0.2) is 23.8 Å². The number of unbranched alkanes of at least 4 members (excludes halogenated alkanes) is 9. The summed E-state index contributed by atoms with van der Waals surface area (Å²) in [6, 6.07) is 0. The monoisotopic (exact) mass is 338 g/mol. The normalized spacial score (nSPS) is 12.4. The van der Waals surface area contributed by atoms with Crippen molar-refractivity contribution in [2.75, 3.05) is 6.61 Å². The van der Waals surface area contributed by atoms with Gasteiger partial charge in [0.05, 0.1) is 12.7 Å². The van der Waals surface area contributed by atoms with E-state index in [1.54, 1.807) is 0 Å². The molecule has 0 fully saturated rings. The third kappa shape index (κ3) is 17.3. The summed E-state index contributed by atoms with van der Waals surface area (Å²) in [4.78, 5) is 10.8. The molecule has 1 atom stereocenters. The SMILES string of the molecule is C=CC(=O)OCCCCCCCC/C=C\C[C@H](O)CCCCCC. The molecule has 0 spiro atoms. The van der Waals surface area contributed by atoms with Gasteiger partial charge in [-0.25, -0.2) is 4.79 Å². The molecule has 0 saturated carbocycles. The molecular formula is C21H38O3. The van der Waals surface area contributed by atoms with Gasteiger partial charge in [-0.2, -0.15) is 0 Å². The zero-order valence-electron chi connectivity index (χ0n) is 15.7. The average molecular weight is 339 g/mol. The van der Waals surface area contributed by atoms with Gasteiger partial charge in [-0.3, -0.25) is 0 Å². The van der Waals surface area contributed by atoms with E-state index in [-0.39, 0.29) is 12.1 Å². The molecule has 0 radical (unpaired) electrons. The third-order valence-electron chi connectivity index (χ3n) is 4.14. The summed E-state index contributed by atoms with van der Waals surface area (Å²) in [5.41, 5.74) is 0. The van der Waals surface area contributed by atoms with Crippen LogP contribution in [0.1, 0.15) is 90.4 Å². The summed E-state index contributed by atoms with van der Waals surface area (Å²) in [7, 11) is 0. The van der Waals surface area contributed by atoms with Crippen molar-refractivity contribution >= 4 is 5.97 Å². The Hall–Kier alpha value is -1.09. The van der Waals surface area contributed by atoms with E-state index < -0.39 is 0 Å². The molecule has 0 rings (SSSR count). The lowest BCUT2D eigenvalue weighted by Crippen LogP contribution is -2.04. The van der Waals surface area contributed by atoms with Crippen molar-refractivity contribution in [2.24, 2.45) is 0 Å². The predicted molar refractivity (Wildman–Crippen MR) is 102 cm³/mol. The number of carbonyl (C=O) groups excluding carboxylic acids is 1. The molecule has 0 aliphatic carbocycles. The molecule has 0 unspecified atom stereocenters. The molecular weight excluding hydrogens is 300 g/mol. The van der Waals surface area contributed by atoms with Crippen molar-refractivity contribution in [3.63, 3.8) is 0 Å². The first-order chi connectivity index (χ1) is 11.7. The maximum Gasteiger partial charge on any atom is 0.330 e. The van der Waals surface area contributed by atoms with Gasteiger partial charge in [-0.05, 0) is 32.1 Å². The van der Waals surface area contributed by atoms with E-state index >= 15 is 0 Å². The standard InChI is InChI=1S/C21H38O3/c1-3-5-6-14-17-20(22)18-15-12-10-8-7-9-11-13-16-19-24-21(23)4-2/h4,12,15,20,22H,2-3,5-11,13-14,16-19H2,1H3/b15-12-/t20-/m1/s1. The minimum absolute atomic E-state index is 0.159. The number of aliphatic hydroxyl groups is 1. The maximum atomic E-state index is 10.8. The Morgan fingerprint density at radius 1 is 1.00 bits per heavy atom. The van der Waals surface area contributed by atoms with Crippen LogP contribution < -0.4 is 0 Å². The molecule has 0 bridgehead atoms. The van der Waals surface area contributed by atoms with E-state index in [4.69, 9.17) is 4.74 Å². The summed E-state index contributed by atoms with van der Waals surface area (Å²) in [6.07, 6.45) is 20.1. The van der Waals surface area contributed by atoms with Crippen LogP contribution in [0.25, 0.3) is 0 Å². The first-order valence-electron chi connectivity index (χ1n) is 9.83. The Bertz CT molecular complexity index is 323. The number of hydrogen-bond acceptors (Lipinski definition) is 3. The highest BCUT2D eigenvalue weighted by molar-refractivity contribution is 5.81. The highest BCUT2D eigenvalue weighted by Crippen LogP contribution is 2.10. The van der Waals surface area contributed by atoms with E-state index in [1.165, 1.54) is 51.0 Å². The van der Waals surface area contributed by atoms with E-state index in [1.807, 2.05) is 0 Å². The number of esters is 1. The van der Waals surface area contributed by atoms with Gasteiger partial charge in [-0.1, -0.05) is 77.0 Å². The Balaban J connectivity index is 3.25. The lowest BCUT2D eigenvalue weighted by Gasteiger charge is -2.07. The first-order valence-corrected chi connectivity index (χ1v) is 9.83. The largest absolute Gasteiger partial charge is 0.463 e. The fraction of sp³-hybridized carbons (Fsp3) is 0.762. The minimum atomic E-state index is -0.326. The molecule has 0 heterocycles. The molecule has 3 nitrogen and oxygen atoms in total. The molecule has 1 N–H and O–H groups in total. The second-order valence-electron chi connectivity index (χ2n) is 6.49. The Kier molecular flexibility index (Phi) is 17.4. The molecule has 3 heteroatoms. The van der Waals surface area contributed by atoms with Gasteiger partial charge >= 0.3 is 5.97 Å². The van der Waals surface area contributed by atoms with Crippen LogP contribution in [0, 0.1) is 0 Å². The van der Waals surface area contributed by atoms with E-state index in [0.717, 1.165) is 38.5 Å². The van der Waals surface area contributed by atoms with Gasteiger partial charge < -0.3 is 9.84 Å². The van der Waals surface area contributed by atoms with Crippen LogP contribution in [-0.2, 0) is 9.53 Å². The predicted octanol–water partition coefficient (Wildman–Crippen LogP) is 5.72. The molecule has 140 valence electrons. The zero-order chi connectivity index (χ0) is 17.9. The second-order valence-corrected chi connectivity index (χ2v) is 6.49. The highest BCUT2D eigenvalue weighted by Gasteiger charge is 2.00. The maximum absolute atomic E-state index is 10.8. The average Bonchev–Trinajstić information content (AvgIpc) is 2.59. The summed E-state index contributed by atoms with van der Waals surface area (Å²) in [5.74, 6) is -0.326. The van der Waals surface area contributed by atoms with Gasteiger partial charge in [-0.15, -0.1) is 0 Å². The van der Waals surface area contributed by atoms with Gasteiger partial charge in [0, 0.05) is 6.08 Å². The first kappa shape index (κ1) is 22.9. The summed E-state index contributed by atoms with van der Waals surface area (Å²) >= 11 is 0. The van der Waals surface area contributed by atoms with Gasteiger partial charge in [0.15, 0.2) is 0 Å². The fourth-order valence-electron chi connectivity index (χ4n) is 2.60. The Morgan fingerprint density at radius 2 is 1.67 bits per heavy atom. The van der Waals surface area contributed by atoms with Gasteiger partial charge in [0.1, 0.15) is 0 Å². The van der Waals surface area contributed by atoms with Crippen LogP contribution in [0.15, 0.2) is 24.8 Å². The van der Waals surface area contributed by atoms with Gasteiger partial charge in [0.25, 0.3) is 0 Å². The molecule has 0 aromatic heterocycles. The van der Waals surface area contributed by atoms with Crippen molar-refractivity contribution < 1.29 is 14.6 Å². The summed E-state index contributed by atoms with van der Waals surface area (Å²) in [6.45, 7) is 6.08. The van der Waals surface area contributed by atoms with Gasteiger partial charge in [0.2, 0.25) is 0 Å². The van der Waals surface area contributed by atoms with Crippen molar-refractivity contribution in [3.05, 3.63) is 24.8 Å². The number of hydrogen-bond donors (Lipinski definition) is 1. The van der Waals surface area contributed by atoms with Crippen LogP contribution >= 0.6 is 0 Å². The van der Waals surface area contributed by atoms with E-state index in [2.05, 4.69) is 25.7 Å². The molecule has 0 aliphatic rings. The molecule has 0 aliphatic heterocycles. The number of allylic oxidation sites excluding steroid dienone is 1. The molecule has 0 aromatic rings. The zero-order valence-corrected chi connectivity index (χ0v) is 15.7. The number of carbonyl (C=O) groups is 1. The quantitative estimate of drug-likeness (QED) is 0.160. The number of rotatable bonds is 17. The Morgan fingerprint density at radius 3 is 2.38 bits per heavy atom. The summed E-state index contributed by atoms with van der Waals surface area (Å²) in [5, 5.41) is 9.85. The van der Waals surface area contributed by atoms with Crippen molar-refractivity contribution in [2.45, 2.75) is 96.5 Å². The number of ether oxygens (including phenoxy) is 1. The molecule has 0 aromatic carbocycles. The molecule has 0 saturated heterocycles. The second kappa shape index (κ2) is 18.3. The van der Waals surface area contributed by atoms with Crippen LogP contribution in [0.2, 0.25) is 0 Å².